The number of methoxy groups -OCH3 is 1. The molecule has 0 saturated heterocycles. The summed E-state index contributed by atoms with van der Waals surface area (Å²) in [7, 11) is 1.55. The minimum Gasteiger partial charge on any atom is -0.493 e. The Morgan fingerprint density at radius 3 is 2.78 bits per heavy atom. The third-order valence-corrected chi connectivity index (χ3v) is 3.79. The summed E-state index contributed by atoms with van der Waals surface area (Å²) >= 11 is 6.22. The number of ether oxygens (including phenoxy) is 2. The maximum absolute atomic E-state index is 6.22. The molecule has 0 amide bonds. The molecule has 0 saturated carbocycles. The molecule has 7 nitrogen and oxygen atoms in total. The molecule has 0 unspecified atom stereocenters. The molecule has 3 aromatic rings. The highest BCUT2D eigenvalue weighted by atomic mass is 35.5. The number of rotatable bonds is 8. The largest absolute Gasteiger partial charge is 0.493 e. The summed E-state index contributed by atoms with van der Waals surface area (Å²) in [5.41, 5.74) is 1.57. The number of hydrogen-bond acceptors (Lipinski definition) is 7. The van der Waals surface area contributed by atoms with Gasteiger partial charge in [-0.1, -0.05) is 52.2 Å². The van der Waals surface area contributed by atoms with Crippen LogP contribution < -0.4 is 9.47 Å². The molecule has 27 heavy (non-hydrogen) atoms. The van der Waals surface area contributed by atoms with Gasteiger partial charge in [-0.15, -0.1) is 0 Å². The lowest BCUT2D eigenvalue weighted by Crippen LogP contribution is -1.97. The van der Waals surface area contributed by atoms with Crippen LogP contribution in [0.2, 0.25) is 5.02 Å². The van der Waals surface area contributed by atoms with E-state index in [4.69, 9.17) is 30.4 Å². The summed E-state index contributed by atoms with van der Waals surface area (Å²) < 4.78 is 15.9. The van der Waals surface area contributed by atoms with Crippen LogP contribution in [-0.2, 0) is 11.4 Å². The van der Waals surface area contributed by atoms with E-state index < -0.39 is 0 Å². The fourth-order valence-electron chi connectivity index (χ4n) is 2.31. The minimum absolute atomic E-state index is 0.0538. The van der Waals surface area contributed by atoms with Crippen LogP contribution in [-0.4, -0.2) is 30.1 Å². The van der Waals surface area contributed by atoms with Crippen LogP contribution in [0.3, 0.4) is 0 Å². The highest BCUT2D eigenvalue weighted by Gasteiger charge is 2.11. The predicted molar refractivity (Wildman–Crippen MR) is 101 cm³/mol. The van der Waals surface area contributed by atoms with Crippen LogP contribution in [0.4, 0.5) is 0 Å². The molecule has 0 radical (unpaired) electrons. The van der Waals surface area contributed by atoms with Gasteiger partial charge in [0, 0.05) is 11.1 Å². The third-order valence-electron chi connectivity index (χ3n) is 3.50. The molecular formula is C19H18ClN3O4. The molecule has 0 fully saturated rings. The second-order valence-corrected chi connectivity index (χ2v) is 5.76. The molecule has 8 heteroatoms. The second kappa shape index (κ2) is 9.05. The van der Waals surface area contributed by atoms with E-state index in [1.807, 2.05) is 37.3 Å². The topological polar surface area (TPSA) is 79.0 Å². The summed E-state index contributed by atoms with van der Waals surface area (Å²) in [6.07, 6.45) is 1.51. The summed E-state index contributed by atoms with van der Waals surface area (Å²) in [6.45, 7) is 2.42. The van der Waals surface area contributed by atoms with Crippen molar-refractivity contribution in [2.24, 2.45) is 5.16 Å². The van der Waals surface area contributed by atoms with Gasteiger partial charge in [-0.05, 0) is 19.1 Å². The van der Waals surface area contributed by atoms with Crippen molar-refractivity contribution in [2.75, 3.05) is 13.7 Å². The first-order valence-electron chi connectivity index (χ1n) is 8.25. The molecule has 0 bridgehead atoms. The quantitative estimate of drug-likeness (QED) is 0.422. The maximum Gasteiger partial charge on any atom is 0.267 e. The molecule has 0 aliphatic carbocycles. The van der Waals surface area contributed by atoms with Crippen LogP contribution >= 0.6 is 11.6 Å². The molecule has 0 aliphatic heterocycles. The standard InChI is InChI=1S/C19H18ClN3O4/c1-3-25-18-15(20)9-13(10-16(18)24-2)11-21-26-12-17-22-19(23-27-17)14-7-5-4-6-8-14/h4-11H,3,12H2,1-2H3/b21-11-. The molecule has 0 aliphatic rings. The van der Waals surface area contributed by atoms with Crippen molar-refractivity contribution in [1.82, 2.24) is 10.1 Å². The van der Waals surface area contributed by atoms with Crippen LogP contribution in [0, 0.1) is 0 Å². The zero-order valence-corrected chi connectivity index (χ0v) is 15.6. The summed E-state index contributed by atoms with van der Waals surface area (Å²) in [5, 5.41) is 8.25. The van der Waals surface area contributed by atoms with Gasteiger partial charge in [-0.3, -0.25) is 0 Å². The van der Waals surface area contributed by atoms with Crippen molar-refractivity contribution in [1.29, 1.82) is 0 Å². The van der Waals surface area contributed by atoms with Gasteiger partial charge in [0.1, 0.15) is 0 Å². The first-order chi connectivity index (χ1) is 13.2. The van der Waals surface area contributed by atoms with Crippen LogP contribution in [0.1, 0.15) is 18.4 Å². The second-order valence-electron chi connectivity index (χ2n) is 5.35. The molecular weight excluding hydrogens is 370 g/mol. The first-order valence-corrected chi connectivity index (χ1v) is 8.62. The third kappa shape index (κ3) is 4.77. The lowest BCUT2D eigenvalue weighted by Gasteiger charge is -2.11. The Hall–Kier alpha value is -3.06. The highest BCUT2D eigenvalue weighted by Crippen LogP contribution is 2.36. The van der Waals surface area contributed by atoms with Crippen LogP contribution in [0.5, 0.6) is 11.5 Å². The number of aromatic nitrogens is 2. The van der Waals surface area contributed by atoms with Gasteiger partial charge in [0.25, 0.3) is 5.89 Å². The zero-order chi connectivity index (χ0) is 19.1. The van der Waals surface area contributed by atoms with E-state index in [0.29, 0.717) is 40.4 Å². The Bertz CT molecular complexity index is 913. The van der Waals surface area contributed by atoms with E-state index >= 15 is 0 Å². The molecule has 1 aromatic heterocycles. The van der Waals surface area contributed by atoms with E-state index in [1.54, 1.807) is 19.2 Å². The number of oxime groups is 1. The van der Waals surface area contributed by atoms with Crippen molar-refractivity contribution in [2.45, 2.75) is 13.5 Å². The molecule has 0 spiro atoms. The molecule has 3 rings (SSSR count). The van der Waals surface area contributed by atoms with Gasteiger partial charge >= 0.3 is 0 Å². The fraction of sp³-hybridized carbons (Fsp3) is 0.211. The van der Waals surface area contributed by atoms with Crippen molar-refractivity contribution in [3.63, 3.8) is 0 Å². The van der Waals surface area contributed by atoms with Crippen molar-refractivity contribution in [3.8, 4) is 22.9 Å². The smallest absolute Gasteiger partial charge is 0.267 e. The Labute approximate surface area is 161 Å². The zero-order valence-electron chi connectivity index (χ0n) is 14.9. The van der Waals surface area contributed by atoms with Gasteiger partial charge in [-0.2, -0.15) is 4.98 Å². The van der Waals surface area contributed by atoms with Gasteiger partial charge < -0.3 is 18.8 Å². The van der Waals surface area contributed by atoms with Gasteiger partial charge in [0.2, 0.25) is 5.82 Å². The summed E-state index contributed by atoms with van der Waals surface area (Å²) in [6, 6.07) is 13.0. The number of halogens is 1. The average molecular weight is 388 g/mol. The molecule has 2 aromatic carbocycles. The van der Waals surface area contributed by atoms with E-state index in [1.165, 1.54) is 6.21 Å². The molecule has 0 atom stereocenters. The number of benzene rings is 2. The predicted octanol–water partition coefficient (Wildman–Crippen LogP) is 4.35. The van der Waals surface area contributed by atoms with E-state index in [-0.39, 0.29) is 6.61 Å². The minimum atomic E-state index is 0.0538. The SMILES string of the molecule is CCOc1c(Cl)cc(/C=N\OCc2nc(-c3ccccc3)no2)cc1OC. The summed E-state index contributed by atoms with van der Waals surface area (Å²) in [5.74, 6) is 1.85. The Kier molecular flexibility index (Phi) is 6.27. The maximum atomic E-state index is 6.22. The van der Waals surface area contributed by atoms with Gasteiger partial charge in [0.05, 0.1) is 25.0 Å². The Morgan fingerprint density at radius 1 is 1.22 bits per heavy atom. The normalized spacial score (nSPS) is 10.9. The number of nitrogens with zero attached hydrogens (tertiary/aromatic N) is 3. The van der Waals surface area contributed by atoms with Gasteiger partial charge in [-0.25, -0.2) is 0 Å². The summed E-state index contributed by atoms with van der Waals surface area (Å²) in [4.78, 5) is 9.49. The Balaban J connectivity index is 1.61. The lowest BCUT2D eigenvalue weighted by molar-refractivity contribution is 0.107. The Morgan fingerprint density at radius 2 is 2.04 bits per heavy atom. The molecule has 0 N–H and O–H groups in total. The number of hydrogen-bond donors (Lipinski definition) is 0. The van der Waals surface area contributed by atoms with E-state index in [9.17, 15) is 0 Å². The average Bonchev–Trinajstić information content (AvgIpc) is 3.17. The van der Waals surface area contributed by atoms with Crippen LogP contribution in [0.15, 0.2) is 52.1 Å². The van der Waals surface area contributed by atoms with Crippen molar-refractivity contribution in [3.05, 3.63) is 58.9 Å². The van der Waals surface area contributed by atoms with Crippen molar-refractivity contribution >= 4 is 17.8 Å². The van der Waals surface area contributed by atoms with Gasteiger partial charge in [0.15, 0.2) is 18.1 Å². The first kappa shape index (κ1) is 18.7. The van der Waals surface area contributed by atoms with E-state index in [2.05, 4.69) is 15.3 Å². The molecule has 1 heterocycles. The van der Waals surface area contributed by atoms with Crippen LogP contribution in [0.25, 0.3) is 11.4 Å². The van der Waals surface area contributed by atoms with E-state index in [0.717, 1.165) is 5.56 Å². The monoisotopic (exact) mass is 387 g/mol. The van der Waals surface area contributed by atoms with Crippen molar-refractivity contribution < 1.29 is 18.8 Å². The lowest BCUT2D eigenvalue weighted by atomic mass is 10.2. The highest BCUT2D eigenvalue weighted by molar-refractivity contribution is 6.32. The fourth-order valence-corrected chi connectivity index (χ4v) is 2.58. The molecule has 140 valence electrons.